The third kappa shape index (κ3) is 3.95. The zero-order valence-corrected chi connectivity index (χ0v) is 9.59. The summed E-state index contributed by atoms with van der Waals surface area (Å²) in [6.07, 6.45) is 11.4. The van der Waals surface area contributed by atoms with Crippen LogP contribution in [0.4, 0.5) is 0 Å². The second kappa shape index (κ2) is 6.50. The quantitative estimate of drug-likeness (QED) is 0.544. The van der Waals surface area contributed by atoms with E-state index in [1.807, 2.05) is 0 Å². The summed E-state index contributed by atoms with van der Waals surface area (Å²) >= 11 is 0. The van der Waals surface area contributed by atoms with Crippen LogP contribution in [0.1, 0.15) is 45.4 Å². The van der Waals surface area contributed by atoms with Crippen molar-refractivity contribution in [1.29, 1.82) is 0 Å². The summed E-state index contributed by atoms with van der Waals surface area (Å²) < 4.78 is 0. The van der Waals surface area contributed by atoms with E-state index in [1.54, 1.807) is 0 Å². The highest BCUT2D eigenvalue weighted by atomic mass is 16.1. The van der Waals surface area contributed by atoms with Gasteiger partial charge in [-0.1, -0.05) is 13.3 Å². The Morgan fingerprint density at radius 1 is 1.47 bits per heavy atom. The fraction of sp³-hybridized carbons (Fsp3) is 0.769. The molecule has 2 heteroatoms. The van der Waals surface area contributed by atoms with Gasteiger partial charge < -0.3 is 5.32 Å². The van der Waals surface area contributed by atoms with Gasteiger partial charge in [0.2, 0.25) is 5.91 Å². The predicted octanol–water partition coefficient (Wildman–Crippen LogP) is 2.34. The fourth-order valence-corrected chi connectivity index (χ4v) is 2.23. The molecule has 1 N–H and O–H groups in total. The third-order valence-corrected chi connectivity index (χ3v) is 3.25. The maximum atomic E-state index is 11.7. The topological polar surface area (TPSA) is 29.1 Å². The Bertz CT molecular complexity index is 241. The molecular formula is C13H21NO. The smallest absolute Gasteiger partial charge is 0.223 e. The number of hydrogen-bond donors (Lipinski definition) is 1. The van der Waals surface area contributed by atoms with Gasteiger partial charge in [0, 0.05) is 18.9 Å². The number of nitrogens with one attached hydrogen (secondary N) is 1. The van der Waals surface area contributed by atoms with Crippen LogP contribution in [0.5, 0.6) is 0 Å². The van der Waals surface area contributed by atoms with Gasteiger partial charge in [-0.15, -0.1) is 12.3 Å². The highest BCUT2D eigenvalue weighted by molar-refractivity contribution is 5.79. The van der Waals surface area contributed by atoms with Crippen LogP contribution in [0.2, 0.25) is 0 Å². The minimum atomic E-state index is 0.251. The molecule has 1 aliphatic rings. The van der Waals surface area contributed by atoms with Gasteiger partial charge in [0.15, 0.2) is 0 Å². The molecular weight excluding hydrogens is 186 g/mol. The Hall–Kier alpha value is -0.970. The molecule has 0 aromatic carbocycles. The summed E-state index contributed by atoms with van der Waals surface area (Å²) in [5.74, 6) is 3.68. The Balaban J connectivity index is 2.11. The minimum Gasteiger partial charge on any atom is -0.356 e. The van der Waals surface area contributed by atoms with Gasteiger partial charge in [0.1, 0.15) is 0 Å². The first kappa shape index (κ1) is 12.1. The van der Waals surface area contributed by atoms with Crippen molar-refractivity contribution in [3.05, 3.63) is 0 Å². The highest BCUT2D eigenvalue weighted by Gasteiger charge is 2.29. The molecule has 0 aromatic rings. The predicted molar refractivity (Wildman–Crippen MR) is 62.2 cm³/mol. The summed E-state index contributed by atoms with van der Waals surface area (Å²) in [5.41, 5.74) is 0. The molecule has 1 aliphatic carbocycles. The normalized spacial score (nSPS) is 24.8. The second-order valence-corrected chi connectivity index (χ2v) is 4.47. The number of carbonyl (C=O) groups excluding carboxylic acids is 1. The summed E-state index contributed by atoms with van der Waals surface area (Å²) in [6, 6.07) is 0. The van der Waals surface area contributed by atoms with E-state index in [-0.39, 0.29) is 11.8 Å². The van der Waals surface area contributed by atoms with Crippen molar-refractivity contribution < 1.29 is 4.79 Å². The second-order valence-electron chi connectivity index (χ2n) is 4.47. The minimum absolute atomic E-state index is 0.251. The molecule has 0 bridgehead atoms. The Kier molecular flexibility index (Phi) is 5.25. The first-order chi connectivity index (χ1) is 7.25. The van der Waals surface area contributed by atoms with Gasteiger partial charge in [0.05, 0.1) is 0 Å². The average molecular weight is 207 g/mol. The van der Waals surface area contributed by atoms with E-state index >= 15 is 0 Å². The van der Waals surface area contributed by atoms with Gasteiger partial charge in [-0.25, -0.2) is 0 Å². The van der Waals surface area contributed by atoms with Crippen LogP contribution in [0, 0.1) is 24.2 Å². The van der Waals surface area contributed by atoms with E-state index in [0.717, 1.165) is 32.2 Å². The van der Waals surface area contributed by atoms with Crippen LogP contribution in [0.15, 0.2) is 0 Å². The summed E-state index contributed by atoms with van der Waals surface area (Å²) in [5, 5.41) is 3.01. The highest BCUT2D eigenvalue weighted by Crippen LogP contribution is 2.30. The van der Waals surface area contributed by atoms with Crippen LogP contribution < -0.4 is 5.32 Å². The average Bonchev–Trinajstić information content (AvgIpc) is 2.64. The molecule has 1 amide bonds. The van der Waals surface area contributed by atoms with Crippen molar-refractivity contribution in [2.24, 2.45) is 11.8 Å². The van der Waals surface area contributed by atoms with Gasteiger partial charge in [0.25, 0.3) is 0 Å². The number of rotatable bonds is 5. The van der Waals surface area contributed by atoms with E-state index in [4.69, 9.17) is 6.42 Å². The third-order valence-electron chi connectivity index (χ3n) is 3.25. The molecule has 2 unspecified atom stereocenters. The van der Waals surface area contributed by atoms with Crippen molar-refractivity contribution in [3.63, 3.8) is 0 Å². The molecule has 15 heavy (non-hydrogen) atoms. The van der Waals surface area contributed by atoms with Crippen LogP contribution in [-0.2, 0) is 4.79 Å². The molecule has 1 rings (SSSR count). The van der Waals surface area contributed by atoms with E-state index in [9.17, 15) is 4.79 Å². The van der Waals surface area contributed by atoms with Crippen molar-refractivity contribution in [3.8, 4) is 12.3 Å². The zero-order chi connectivity index (χ0) is 11.1. The number of amides is 1. The van der Waals surface area contributed by atoms with Crippen LogP contribution in [0.3, 0.4) is 0 Å². The van der Waals surface area contributed by atoms with Gasteiger partial charge in [-0.2, -0.15) is 0 Å². The summed E-state index contributed by atoms with van der Waals surface area (Å²) in [4.78, 5) is 11.7. The fourth-order valence-electron chi connectivity index (χ4n) is 2.23. The van der Waals surface area contributed by atoms with E-state index in [2.05, 4.69) is 18.2 Å². The SMILES string of the molecule is C#CCCCCNC(=O)C1CCCC1C. The molecule has 0 aliphatic heterocycles. The first-order valence-corrected chi connectivity index (χ1v) is 5.97. The van der Waals surface area contributed by atoms with Crippen molar-refractivity contribution in [1.82, 2.24) is 5.32 Å². The van der Waals surface area contributed by atoms with Gasteiger partial charge in [-0.3, -0.25) is 4.79 Å². The maximum Gasteiger partial charge on any atom is 0.223 e. The Morgan fingerprint density at radius 3 is 2.87 bits per heavy atom. The molecule has 0 radical (unpaired) electrons. The first-order valence-electron chi connectivity index (χ1n) is 5.97. The number of hydrogen-bond acceptors (Lipinski definition) is 1. The summed E-state index contributed by atoms with van der Waals surface area (Å²) in [6.45, 7) is 2.96. The molecule has 1 fully saturated rings. The molecule has 0 saturated heterocycles. The van der Waals surface area contributed by atoms with Crippen LogP contribution >= 0.6 is 0 Å². The Morgan fingerprint density at radius 2 is 2.27 bits per heavy atom. The Labute approximate surface area is 92.8 Å². The lowest BCUT2D eigenvalue weighted by atomic mass is 9.97. The van der Waals surface area contributed by atoms with Crippen LogP contribution in [0.25, 0.3) is 0 Å². The van der Waals surface area contributed by atoms with Gasteiger partial charge in [-0.05, 0) is 31.6 Å². The maximum absolute atomic E-state index is 11.7. The van der Waals surface area contributed by atoms with Crippen molar-refractivity contribution >= 4 is 5.91 Å². The lowest BCUT2D eigenvalue weighted by Gasteiger charge is -2.14. The van der Waals surface area contributed by atoms with E-state index in [0.29, 0.717) is 5.92 Å². The molecule has 2 nitrogen and oxygen atoms in total. The van der Waals surface area contributed by atoms with Crippen molar-refractivity contribution in [2.75, 3.05) is 6.54 Å². The van der Waals surface area contributed by atoms with E-state index in [1.165, 1.54) is 12.8 Å². The number of carbonyl (C=O) groups is 1. The molecule has 2 atom stereocenters. The largest absolute Gasteiger partial charge is 0.356 e. The van der Waals surface area contributed by atoms with E-state index < -0.39 is 0 Å². The lowest BCUT2D eigenvalue weighted by Crippen LogP contribution is -2.32. The monoisotopic (exact) mass is 207 g/mol. The molecule has 1 saturated carbocycles. The summed E-state index contributed by atoms with van der Waals surface area (Å²) in [7, 11) is 0. The molecule has 0 aromatic heterocycles. The molecule has 0 spiro atoms. The standard InChI is InChI=1S/C13H21NO/c1-3-4-5-6-10-14-13(15)12-9-7-8-11(12)2/h1,11-12H,4-10H2,2H3,(H,14,15). The van der Waals surface area contributed by atoms with Gasteiger partial charge >= 0.3 is 0 Å². The van der Waals surface area contributed by atoms with Crippen molar-refractivity contribution in [2.45, 2.75) is 45.4 Å². The lowest BCUT2D eigenvalue weighted by molar-refractivity contribution is -0.125. The molecule has 0 heterocycles. The number of unbranched alkanes of at least 4 members (excludes halogenated alkanes) is 2. The molecule has 84 valence electrons. The number of terminal acetylenes is 1. The van der Waals surface area contributed by atoms with Crippen LogP contribution in [-0.4, -0.2) is 12.5 Å². The zero-order valence-electron chi connectivity index (χ0n) is 9.59.